The predicted octanol–water partition coefficient (Wildman–Crippen LogP) is 0.966. The highest BCUT2D eigenvalue weighted by molar-refractivity contribution is 5.77. The van der Waals surface area contributed by atoms with E-state index >= 15 is 0 Å². The molecule has 1 aromatic carbocycles. The van der Waals surface area contributed by atoms with Crippen LogP contribution in [0.3, 0.4) is 0 Å². The van der Waals surface area contributed by atoms with Crippen molar-refractivity contribution in [3.8, 4) is 0 Å². The van der Waals surface area contributed by atoms with Crippen LogP contribution in [0.25, 0.3) is 0 Å². The molecule has 2 rings (SSSR count). The maximum Gasteiger partial charge on any atom is 0.188 e. The van der Waals surface area contributed by atoms with Gasteiger partial charge in [0.15, 0.2) is 5.96 Å². The Labute approximate surface area is 106 Å². The highest BCUT2D eigenvalue weighted by Crippen LogP contribution is 2.03. The van der Waals surface area contributed by atoms with Crippen LogP contribution in [0.5, 0.6) is 0 Å². The number of aliphatic imine (C=N–C) groups is 1. The summed E-state index contributed by atoms with van der Waals surface area (Å²) in [6.45, 7) is 1.41. The quantitative estimate of drug-likeness (QED) is 0.621. The van der Waals surface area contributed by atoms with Gasteiger partial charge in [-0.05, 0) is 5.56 Å². The fraction of sp³-hybridized carbons (Fsp3) is 0.231. The van der Waals surface area contributed by atoms with Crippen molar-refractivity contribution in [1.82, 2.24) is 15.1 Å². The molecule has 0 aliphatic rings. The van der Waals surface area contributed by atoms with Crippen LogP contribution in [0, 0.1) is 0 Å². The van der Waals surface area contributed by atoms with E-state index in [0.29, 0.717) is 12.5 Å². The number of hydrogen-bond donors (Lipinski definition) is 2. The SMILES string of the molecule is CN=C(N)NCc1cnn(Cc2ccccc2)c1. The van der Waals surface area contributed by atoms with Gasteiger partial charge in [0.05, 0.1) is 12.7 Å². The molecule has 18 heavy (non-hydrogen) atoms. The second kappa shape index (κ2) is 5.86. The number of benzene rings is 1. The molecule has 0 radical (unpaired) electrons. The minimum atomic E-state index is 0.436. The van der Waals surface area contributed by atoms with Crippen LogP contribution in [0.1, 0.15) is 11.1 Å². The number of guanidine groups is 1. The van der Waals surface area contributed by atoms with E-state index in [1.165, 1.54) is 5.56 Å². The Balaban J connectivity index is 1.94. The summed E-state index contributed by atoms with van der Waals surface area (Å²) in [7, 11) is 1.65. The first-order valence-electron chi connectivity index (χ1n) is 5.79. The maximum absolute atomic E-state index is 5.56. The zero-order valence-electron chi connectivity index (χ0n) is 10.4. The topological polar surface area (TPSA) is 68.2 Å². The molecular weight excluding hydrogens is 226 g/mol. The lowest BCUT2D eigenvalue weighted by Crippen LogP contribution is -2.30. The fourth-order valence-electron chi connectivity index (χ4n) is 1.63. The van der Waals surface area contributed by atoms with E-state index < -0.39 is 0 Å². The van der Waals surface area contributed by atoms with Crippen molar-refractivity contribution in [1.29, 1.82) is 0 Å². The van der Waals surface area contributed by atoms with Crippen LogP contribution < -0.4 is 11.1 Å². The molecule has 1 heterocycles. The summed E-state index contributed by atoms with van der Waals surface area (Å²) in [6, 6.07) is 10.2. The third kappa shape index (κ3) is 3.35. The van der Waals surface area contributed by atoms with Gasteiger partial charge >= 0.3 is 0 Å². The number of nitrogens with one attached hydrogen (secondary N) is 1. The number of rotatable bonds is 4. The molecule has 0 atom stereocenters. The summed E-state index contributed by atoms with van der Waals surface area (Å²) in [5.41, 5.74) is 7.88. The minimum Gasteiger partial charge on any atom is -0.370 e. The molecule has 1 aromatic heterocycles. The largest absolute Gasteiger partial charge is 0.370 e. The van der Waals surface area contributed by atoms with E-state index in [9.17, 15) is 0 Å². The van der Waals surface area contributed by atoms with Crippen molar-refractivity contribution in [2.75, 3.05) is 7.05 Å². The Bertz CT molecular complexity index is 515. The molecule has 0 saturated carbocycles. The summed E-state index contributed by atoms with van der Waals surface area (Å²) in [6.07, 6.45) is 3.84. The molecule has 0 fully saturated rings. The third-order valence-corrected chi connectivity index (χ3v) is 2.59. The van der Waals surface area contributed by atoms with Crippen molar-refractivity contribution in [3.63, 3.8) is 0 Å². The number of nitrogens with zero attached hydrogens (tertiary/aromatic N) is 3. The molecule has 0 spiro atoms. The van der Waals surface area contributed by atoms with E-state index in [4.69, 9.17) is 5.73 Å². The fourth-order valence-corrected chi connectivity index (χ4v) is 1.63. The predicted molar refractivity (Wildman–Crippen MR) is 72.2 cm³/mol. The number of hydrogen-bond acceptors (Lipinski definition) is 2. The molecule has 0 unspecified atom stereocenters. The lowest BCUT2D eigenvalue weighted by Gasteiger charge is -2.02. The Morgan fingerprint density at radius 3 is 2.83 bits per heavy atom. The van der Waals surface area contributed by atoms with Crippen LogP contribution >= 0.6 is 0 Å². The average Bonchev–Trinajstić information content (AvgIpc) is 2.85. The first-order valence-corrected chi connectivity index (χ1v) is 5.79. The first-order chi connectivity index (χ1) is 8.78. The van der Waals surface area contributed by atoms with Crippen LogP contribution in [-0.4, -0.2) is 22.8 Å². The standard InChI is InChI=1S/C13H17N5/c1-15-13(14)16-7-12-8-17-18(10-12)9-11-5-3-2-4-6-11/h2-6,8,10H,7,9H2,1H3,(H3,14,15,16). The van der Waals surface area contributed by atoms with E-state index in [1.54, 1.807) is 7.05 Å². The van der Waals surface area contributed by atoms with Gasteiger partial charge in [0.2, 0.25) is 0 Å². The molecule has 2 aromatic rings. The Hall–Kier alpha value is -2.30. The van der Waals surface area contributed by atoms with Gasteiger partial charge in [-0.3, -0.25) is 9.67 Å². The second-order valence-corrected chi connectivity index (χ2v) is 3.99. The molecule has 0 aliphatic heterocycles. The van der Waals surface area contributed by atoms with Crippen LogP contribution in [0.2, 0.25) is 0 Å². The van der Waals surface area contributed by atoms with Crippen molar-refractivity contribution < 1.29 is 0 Å². The van der Waals surface area contributed by atoms with Gasteiger partial charge in [0.25, 0.3) is 0 Å². The summed E-state index contributed by atoms with van der Waals surface area (Å²) in [4.78, 5) is 3.83. The maximum atomic E-state index is 5.56. The van der Waals surface area contributed by atoms with Crippen LogP contribution in [0.15, 0.2) is 47.7 Å². The summed E-state index contributed by atoms with van der Waals surface area (Å²) < 4.78 is 1.91. The molecule has 0 bridgehead atoms. The molecule has 5 heteroatoms. The van der Waals surface area contributed by atoms with Crippen molar-refractivity contribution in [3.05, 3.63) is 53.9 Å². The van der Waals surface area contributed by atoms with Crippen molar-refractivity contribution in [2.45, 2.75) is 13.1 Å². The van der Waals surface area contributed by atoms with Crippen LogP contribution in [-0.2, 0) is 13.1 Å². The van der Waals surface area contributed by atoms with Gasteiger partial charge in [-0.1, -0.05) is 30.3 Å². The second-order valence-electron chi connectivity index (χ2n) is 3.99. The highest BCUT2D eigenvalue weighted by atomic mass is 15.3. The molecule has 0 amide bonds. The van der Waals surface area contributed by atoms with E-state index in [2.05, 4.69) is 27.5 Å². The molecule has 94 valence electrons. The van der Waals surface area contributed by atoms with Gasteiger partial charge in [0, 0.05) is 25.4 Å². The molecular formula is C13H17N5. The van der Waals surface area contributed by atoms with Crippen molar-refractivity contribution in [2.24, 2.45) is 10.7 Å². The summed E-state index contributed by atoms with van der Waals surface area (Å²) in [5, 5.41) is 7.31. The number of aromatic nitrogens is 2. The van der Waals surface area contributed by atoms with Gasteiger partial charge in [-0.25, -0.2) is 0 Å². The lowest BCUT2D eigenvalue weighted by atomic mass is 10.2. The average molecular weight is 243 g/mol. The Morgan fingerprint density at radius 1 is 1.33 bits per heavy atom. The van der Waals surface area contributed by atoms with E-state index in [1.807, 2.05) is 35.3 Å². The van der Waals surface area contributed by atoms with Gasteiger partial charge in [-0.15, -0.1) is 0 Å². The molecule has 0 saturated heterocycles. The molecule has 0 aliphatic carbocycles. The normalized spacial score (nSPS) is 11.5. The third-order valence-electron chi connectivity index (χ3n) is 2.59. The number of nitrogens with two attached hydrogens (primary N) is 1. The van der Waals surface area contributed by atoms with E-state index in [-0.39, 0.29) is 0 Å². The highest BCUT2D eigenvalue weighted by Gasteiger charge is 2.00. The Kier molecular flexibility index (Phi) is 3.96. The molecule has 5 nitrogen and oxygen atoms in total. The first kappa shape index (κ1) is 12.2. The van der Waals surface area contributed by atoms with Crippen LogP contribution in [0.4, 0.5) is 0 Å². The monoisotopic (exact) mass is 243 g/mol. The van der Waals surface area contributed by atoms with Crippen molar-refractivity contribution >= 4 is 5.96 Å². The molecule has 3 N–H and O–H groups in total. The Morgan fingerprint density at radius 2 is 2.11 bits per heavy atom. The zero-order chi connectivity index (χ0) is 12.8. The smallest absolute Gasteiger partial charge is 0.188 e. The lowest BCUT2D eigenvalue weighted by molar-refractivity contribution is 0.686. The summed E-state index contributed by atoms with van der Waals surface area (Å²) in [5.74, 6) is 0.436. The van der Waals surface area contributed by atoms with E-state index in [0.717, 1.165) is 12.1 Å². The zero-order valence-corrected chi connectivity index (χ0v) is 10.4. The summed E-state index contributed by atoms with van der Waals surface area (Å²) >= 11 is 0. The van der Waals surface area contributed by atoms with Gasteiger partial charge in [-0.2, -0.15) is 5.10 Å². The van der Waals surface area contributed by atoms with Gasteiger partial charge in [0.1, 0.15) is 0 Å². The minimum absolute atomic E-state index is 0.436. The van der Waals surface area contributed by atoms with Gasteiger partial charge < -0.3 is 11.1 Å².